The summed E-state index contributed by atoms with van der Waals surface area (Å²) in [6.07, 6.45) is 1.73. The van der Waals surface area contributed by atoms with Crippen molar-refractivity contribution in [2.45, 2.75) is 17.3 Å². The van der Waals surface area contributed by atoms with Crippen LogP contribution in [0, 0.1) is 0 Å². The van der Waals surface area contributed by atoms with Gasteiger partial charge in [0.05, 0.1) is 23.6 Å². The number of hydrogen-bond donors (Lipinski definition) is 2. The van der Waals surface area contributed by atoms with Crippen molar-refractivity contribution in [3.63, 3.8) is 0 Å². The number of H-pyrrole nitrogens is 1. The molecule has 0 aliphatic rings. The normalized spacial score (nSPS) is 11.9. The largest absolute Gasteiger partial charge is 0.497 e. The number of ether oxygens (including phenoxy) is 1. The zero-order chi connectivity index (χ0) is 20.2. The van der Waals surface area contributed by atoms with Gasteiger partial charge in [-0.2, -0.15) is 0 Å². The molecule has 8 heteroatoms. The topological polar surface area (TPSA) is 92.8 Å². The Morgan fingerprint density at radius 1 is 1.14 bits per heavy atom. The summed E-state index contributed by atoms with van der Waals surface area (Å²) in [6, 6.07) is 17.0. The minimum atomic E-state index is -0.374. The van der Waals surface area contributed by atoms with E-state index in [1.165, 1.54) is 11.8 Å². The highest BCUT2D eigenvalue weighted by molar-refractivity contribution is 8.00. The van der Waals surface area contributed by atoms with Crippen molar-refractivity contribution >= 4 is 34.3 Å². The minimum Gasteiger partial charge on any atom is -0.497 e. The average Bonchev–Trinajstić information content (AvgIpc) is 3.22. The van der Waals surface area contributed by atoms with E-state index in [2.05, 4.69) is 25.5 Å². The van der Waals surface area contributed by atoms with E-state index in [4.69, 9.17) is 4.74 Å². The van der Waals surface area contributed by atoms with Crippen LogP contribution in [0.25, 0.3) is 22.3 Å². The molecule has 0 saturated carbocycles. The van der Waals surface area contributed by atoms with E-state index in [0.717, 1.165) is 27.9 Å². The Morgan fingerprint density at radius 3 is 2.76 bits per heavy atom. The highest BCUT2D eigenvalue weighted by Gasteiger charge is 2.18. The van der Waals surface area contributed by atoms with Gasteiger partial charge in [0.2, 0.25) is 11.1 Å². The average molecular weight is 405 g/mol. The number of carbonyl (C=O) groups excluding carboxylic acids is 1. The Morgan fingerprint density at radius 2 is 1.97 bits per heavy atom. The van der Waals surface area contributed by atoms with Crippen LogP contribution in [-0.4, -0.2) is 38.4 Å². The maximum absolute atomic E-state index is 12.7. The number of thioether (sulfide) groups is 1. The summed E-state index contributed by atoms with van der Waals surface area (Å²) in [5, 5.41) is 11.2. The Bertz CT molecular complexity index is 1140. The van der Waals surface area contributed by atoms with Crippen LogP contribution < -0.4 is 10.1 Å². The Kier molecular flexibility index (Phi) is 5.44. The third kappa shape index (κ3) is 4.22. The summed E-state index contributed by atoms with van der Waals surface area (Å²) in [7, 11) is 1.62. The summed E-state index contributed by atoms with van der Waals surface area (Å²) >= 11 is 1.29. The Balaban J connectivity index is 1.44. The Hall–Kier alpha value is -3.39. The van der Waals surface area contributed by atoms with E-state index >= 15 is 0 Å². The molecule has 0 aliphatic carbocycles. The molecule has 1 amide bonds. The Labute approximate surface area is 171 Å². The zero-order valence-electron chi connectivity index (χ0n) is 15.9. The molecule has 1 atom stereocenters. The van der Waals surface area contributed by atoms with Gasteiger partial charge in [-0.05, 0) is 55.5 Å². The van der Waals surface area contributed by atoms with Crippen molar-refractivity contribution in [1.29, 1.82) is 0 Å². The van der Waals surface area contributed by atoms with Gasteiger partial charge >= 0.3 is 0 Å². The first-order valence-electron chi connectivity index (χ1n) is 9.02. The number of methoxy groups -OCH3 is 1. The van der Waals surface area contributed by atoms with E-state index in [1.807, 2.05) is 61.5 Å². The molecular weight excluding hydrogens is 386 g/mol. The number of aromatic nitrogens is 4. The van der Waals surface area contributed by atoms with Gasteiger partial charge in [-0.1, -0.05) is 17.8 Å². The molecular formula is C21H19N5O2S. The number of anilines is 1. The molecule has 2 aromatic carbocycles. The number of rotatable bonds is 6. The van der Waals surface area contributed by atoms with Crippen LogP contribution in [0.15, 0.2) is 66.0 Å². The lowest BCUT2D eigenvalue weighted by Crippen LogP contribution is -2.22. The van der Waals surface area contributed by atoms with Gasteiger partial charge in [-0.3, -0.25) is 14.9 Å². The summed E-state index contributed by atoms with van der Waals surface area (Å²) < 4.78 is 5.17. The fourth-order valence-electron chi connectivity index (χ4n) is 2.84. The number of benzene rings is 2. The maximum atomic E-state index is 12.7. The lowest BCUT2D eigenvalue weighted by atomic mass is 10.2. The van der Waals surface area contributed by atoms with Gasteiger partial charge in [0.25, 0.3) is 0 Å². The third-order valence-corrected chi connectivity index (χ3v) is 5.34. The first-order valence-corrected chi connectivity index (χ1v) is 9.90. The zero-order valence-corrected chi connectivity index (χ0v) is 16.7. The van der Waals surface area contributed by atoms with Crippen molar-refractivity contribution in [3.05, 3.63) is 60.8 Å². The van der Waals surface area contributed by atoms with Crippen molar-refractivity contribution in [3.8, 4) is 17.1 Å². The minimum absolute atomic E-state index is 0.123. The number of amides is 1. The van der Waals surface area contributed by atoms with Gasteiger partial charge in [0.1, 0.15) is 5.75 Å². The molecule has 0 fully saturated rings. The fourth-order valence-corrected chi connectivity index (χ4v) is 3.56. The predicted octanol–water partition coefficient (Wildman–Crippen LogP) is 4.15. The molecule has 146 valence electrons. The molecule has 0 spiro atoms. The predicted molar refractivity (Wildman–Crippen MR) is 114 cm³/mol. The van der Waals surface area contributed by atoms with Crippen LogP contribution in [0.1, 0.15) is 6.92 Å². The van der Waals surface area contributed by atoms with Crippen molar-refractivity contribution in [2.24, 2.45) is 0 Å². The van der Waals surface area contributed by atoms with Gasteiger partial charge < -0.3 is 10.1 Å². The third-order valence-electron chi connectivity index (χ3n) is 4.38. The quantitative estimate of drug-likeness (QED) is 0.468. The summed E-state index contributed by atoms with van der Waals surface area (Å²) in [5.41, 5.74) is 2.47. The van der Waals surface area contributed by atoms with Crippen molar-refractivity contribution in [1.82, 2.24) is 20.2 Å². The molecule has 2 N–H and O–H groups in total. The molecule has 0 radical (unpaired) electrons. The molecule has 0 bridgehead atoms. The van der Waals surface area contributed by atoms with Crippen LogP contribution in [0.4, 0.5) is 5.69 Å². The van der Waals surface area contributed by atoms with Crippen LogP contribution >= 0.6 is 11.8 Å². The second-order valence-electron chi connectivity index (χ2n) is 6.32. The van der Waals surface area contributed by atoms with E-state index in [9.17, 15) is 4.79 Å². The van der Waals surface area contributed by atoms with Crippen LogP contribution in [-0.2, 0) is 4.79 Å². The number of pyridine rings is 1. The fraction of sp³-hybridized carbons (Fsp3) is 0.143. The van der Waals surface area contributed by atoms with Gasteiger partial charge in [0.15, 0.2) is 5.82 Å². The number of nitrogens with one attached hydrogen (secondary N) is 2. The van der Waals surface area contributed by atoms with E-state index in [-0.39, 0.29) is 11.2 Å². The molecule has 7 nitrogen and oxygen atoms in total. The van der Waals surface area contributed by atoms with Gasteiger partial charge in [-0.25, -0.2) is 4.98 Å². The number of fused-ring (bicyclic) bond motifs is 1. The molecule has 2 aromatic heterocycles. The standard InChI is InChI=1S/C21H19N5O2S/c1-13(20(27)23-18-7-3-6-17-16(18)5-4-12-22-17)29-21-24-19(25-26-21)14-8-10-15(28-2)11-9-14/h3-13H,1-2H3,(H,23,27)(H,24,25,26)/t13-/m0/s1. The number of carbonyl (C=O) groups is 1. The van der Waals surface area contributed by atoms with E-state index in [0.29, 0.717) is 11.0 Å². The van der Waals surface area contributed by atoms with E-state index < -0.39 is 0 Å². The first kappa shape index (κ1) is 18.9. The second kappa shape index (κ2) is 8.32. The van der Waals surface area contributed by atoms with Crippen LogP contribution in [0.2, 0.25) is 0 Å². The summed E-state index contributed by atoms with van der Waals surface area (Å²) in [5.74, 6) is 1.29. The van der Waals surface area contributed by atoms with Crippen molar-refractivity contribution < 1.29 is 9.53 Å². The first-order chi connectivity index (χ1) is 14.1. The molecule has 0 aliphatic heterocycles. The molecule has 0 saturated heterocycles. The SMILES string of the molecule is COc1ccc(-c2nc(S[C@@H](C)C(=O)Nc3cccc4ncccc34)n[nH]2)cc1. The number of hydrogen-bond acceptors (Lipinski definition) is 6. The second-order valence-corrected chi connectivity index (χ2v) is 7.63. The van der Waals surface area contributed by atoms with Crippen LogP contribution in [0.3, 0.4) is 0 Å². The molecule has 29 heavy (non-hydrogen) atoms. The molecule has 2 heterocycles. The summed E-state index contributed by atoms with van der Waals surface area (Å²) in [6.45, 7) is 1.83. The maximum Gasteiger partial charge on any atom is 0.237 e. The van der Waals surface area contributed by atoms with Crippen LogP contribution in [0.5, 0.6) is 5.75 Å². The highest BCUT2D eigenvalue weighted by Crippen LogP contribution is 2.26. The van der Waals surface area contributed by atoms with Gasteiger partial charge in [-0.15, -0.1) is 5.10 Å². The van der Waals surface area contributed by atoms with E-state index in [1.54, 1.807) is 13.3 Å². The molecule has 4 rings (SSSR count). The molecule has 4 aromatic rings. The molecule has 0 unspecified atom stereocenters. The van der Waals surface area contributed by atoms with Gasteiger partial charge in [0, 0.05) is 17.1 Å². The summed E-state index contributed by atoms with van der Waals surface area (Å²) in [4.78, 5) is 21.5. The highest BCUT2D eigenvalue weighted by atomic mass is 32.2. The monoisotopic (exact) mass is 405 g/mol. The van der Waals surface area contributed by atoms with Crippen molar-refractivity contribution in [2.75, 3.05) is 12.4 Å². The number of aromatic amines is 1. The lowest BCUT2D eigenvalue weighted by molar-refractivity contribution is -0.115. The number of nitrogens with zero attached hydrogens (tertiary/aromatic N) is 3. The lowest BCUT2D eigenvalue weighted by Gasteiger charge is -2.12. The smallest absolute Gasteiger partial charge is 0.237 e.